The van der Waals surface area contributed by atoms with E-state index in [-0.39, 0.29) is 0 Å². The van der Waals surface area contributed by atoms with Crippen molar-refractivity contribution in [3.63, 3.8) is 0 Å². The lowest BCUT2D eigenvalue weighted by Crippen LogP contribution is -1.98. The number of benzene rings is 1. The molecule has 0 atom stereocenters. The fraction of sp³-hybridized carbons (Fsp3) is 0.267. The van der Waals surface area contributed by atoms with Crippen molar-refractivity contribution in [3.05, 3.63) is 46.6 Å². The van der Waals surface area contributed by atoms with Crippen LogP contribution in [0, 0.1) is 0 Å². The van der Waals surface area contributed by atoms with Crippen molar-refractivity contribution < 1.29 is 0 Å². The summed E-state index contributed by atoms with van der Waals surface area (Å²) in [5.74, 6) is 0. The fourth-order valence-electron chi connectivity index (χ4n) is 2.11. The van der Waals surface area contributed by atoms with Gasteiger partial charge in [-0.2, -0.15) is 0 Å². The van der Waals surface area contributed by atoms with Crippen LogP contribution in [0.25, 0.3) is 17.0 Å². The summed E-state index contributed by atoms with van der Waals surface area (Å²) in [7, 11) is 0. The Morgan fingerprint density at radius 1 is 1.29 bits per heavy atom. The topological polar surface area (TPSA) is 12.9 Å². The standard InChI is InChI=1S/C15H16ClN/c1-4-10-7-8-12-14(9-10)17-13(6-3)11(5-2)15(12)16/h4,7-9H,1,5-6H2,2-3H3. The van der Waals surface area contributed by atoms with Gasteiger partial charge in [-0.15, -0.1) is 0 Å². The predicted octanol–water partition coefficient (Wildman–Crippen LogP) is 4.66. The summed E-state index contributed by atoms with van der Waals surface area (Å²) in [5.41, 5.74) is 4.31. The number of halogens is 1. The predicted molar refractivity (Wildman–Crippen MR) is 75.6 cm³/mol. The number of rotatable bonds is 3. The molecule has 1 heterocycles. The number of hydrogen-bond acceptors (Lipinski definition) is 1. The molecule has 0 spiro atoms. The van der Waals surface area contributed by atoms with Crippen LogP contribution in [0.2, 0.25) is 5.02 Å². The van der Waals surface area contributed by atoms with Crippen molar-refractivity contribution in [3.8, 4) is 0 Å². The lowest BCUT2D eigenvalue weighted by Gasteiger charge is -2.11. The highest BCUT2D eigenvalue weighted by Gasteiger charge is 2.10. The van der Waals surface area contributed by atoms with Crippen LogP contribution in [-0.2, 0) is 12.8 Å². The smallest absolute Gasteiger partial charge is 0.0726 e. The first kappa shape index (κ1) is 12.1. The second-order valence-corrected chi connectivity index (χ2v) is 4.42. The molecule has 0 fully saturated rings. The summed E-state index contributed by atoms with van der Waals surface area (Å²) in [6.07, 6.45) is 3.67. The quantitative estimate of drug-likeness (QED) is 0.767. The largest absolute Gasteiger partial charge is 0.252 e. The molecular weight excluding hydrogens is 230 g/mol. The van der Waals surface area contributed by atoms with Crippen LogP contribution < -0.4 is 0 Å². The summed E-state index contributed by atoms with van der Waals surface area (Å²) in [5, 5.41) is 1.89. The Hall–Kier alpha value is -1.34. The number of aryl methyl sites for hydroxylation is 1. The first-order valence-corrected chi connectivity index (χ1v) is 6.32. The summed E-state index contributed by atoms with van der Waals surface area (Å²) in [6, 6.07) is 6.08. The lowest BCUT2D eigenvalue weighted by atomic mass is 10.0. The van der Waals surface area contributed by atoms with E-state index in [1.54, 1.807) is 0 Å². The van der Waals surface area contributed by atoms with E-state index in [0.29, 0.717) is 0 Å². The molecule has 1 aromatic carbocycles. The van der Waals surface area contributed by atoms with Gasteiger partial charge in [0.15, 0.2) is 0 Å². The van der Waals surface area contributed by atoms with Gasteiger partial charge in [0.05, 0.1) is 10.5 Å². The molecule has 0 radical (unpaired) electrons. The van der Waals surface area contributed by atoms with E-state index in [1.165, 1.54) is 5.56 Å². The highest BCUT2D eigenvalue weighted by molar-refractivity contribution is 6.36. The Morgan fingerprint density at radius 3 is 2.65 bits per heavy atom. The van der Waals surface area contributed by atoms with Gasteiger partial charge in [-0.25, -0.2) is 0 Å². The van der Waals surface area contributed by atoms with E-state index in [1.807, 2.05) is 24.3 Å². The Morgan fingerprint density at radius 2 is 2.06 bits per heavy atom. The Bertz CT molecular complexity index is 573. The molecule has 0 amide bonds. The van der Waals surface area contributed by atoms with Crippen molar-refractivity contribution in [2.75, 3.05) is 0 Å². The van der Waals surface area contributed by atoms with Gasteiger partial charge in [-0.1, -0.05) is 50.2 Å². The van der Waals surface area contributed by atoms with E-state index in [0.717, 1.165) is 40.0 Å². The molecule has 0 saturated heterocycles. The number of fused-ring (bicyclic) bond motifs is 1. The van der Waals surface area contributed by atoms with Crippen molar-refractivity contribution in [1.29, 1.82) is 0 Å². The van der Waals surface area contributed by atoms with Crippen molar-refractivity contribution >= 4 is 28.6 Å². The number of pyridine rings is 1. The Balaban J connectivity index is 2.79. The molecule has 0 N–H and O–H groups in total. The molecule has 17 heavy (non-hydrogen) atoms. The van der Waals surface area contributed by atoms with Gasteiger partial charge in [0, 0.05) is 11.1 Å². The Labute approximate surface area is 107 Å². The molecule has 2 rings (SSSR count). The van der Waals surface area contributed by atoms with Crippen LogP contribution in [0.3, 0.4) is 0 Å². The molecule has 1 aromatic heterocycles. The zero-order valence-corrected chi connectivity index (χ0v) is 11.0. The first-order valence-electron chi connectivity index (χ1n) is 5.94. The van der Waals surface area contributed by atoms with Crippen LogP contribution in [0.5, 0.6) is 0 Å². The maximum atomic E-state index is 6.46. The van der Waals surface area contributed by atoms with E-state index in [4.69, 9.17) is 16.6 Å². The number of hydrogen-bond donors (Lipinski definition) is 0. The normalized spacial score (nSPS) is 10.8. The van der Waals surface area contributed by atoms with Crippen molar-refractivity contribution in [2.24, 2.45) is 0 Å². The average Bonchev–Trinajstić information content (AvgIpc) is 2.37. The summed E-state index contributed by atoms with van der Waals surface area (Å²) in [6.45, 7) is 8.00. The molecule has 2 aromatic rings. The van der Waals surface area contributed by atoms with Gasteiger partial charge in [0.25, 0.3) is 0 Å². The number of aromatic nitrogens is 1. The van der Waals surface area contributed by atoms with Gasteiger partial charge >= 0.3 is 0 Å². The SMILES string of the molecule is C=Cc1ccc2c(Cl)c(CC)c(CC)nc2c1. The maximum Gasteiger partial charge on any atom is 0.0726 e. The molecule has 1 nitrogen and oxygen atoms in total. The van der Waals surface area contributed by atoms with Gasteiger partial charge in [-0.3, -0.25) is 4.98 Å². The summed E-state index contributed by atoms with van der Waals surface area (Å²) < 4.78 is 0. The van der Waals surface area contributed by atoms with Crippen LogP contribution in [0.15, 0.2) is 24.8 Å². The highest BCUT2D eigenvalue weighted by Crippen LogP contribution is 2.29. The van der Waals surface area contributed by atoms with E-state index < -0.39 is 0 Å². The van der Waals surface area contributed by atoms with Gasteiger partial charge in [0.2, 0.25) is 0 Å². The van der Waals surface area contributed by atoms with E-state index in [9.17, 15) is 0 Å². The third-order valence-corrected chi connectivity index (χ3v) is 3.48. The van der Waals surface area contributed by atoms with E-state index in [2.05, 4.69) is 20.4 Å². The highest BCUT2D eigenvalue weighted by atomic mass is 35.5. The molecular formula is C15H16ClN. The summed E-state index contributed by atoms with van der Waals surface area (Å²) >= 11 is 6.46. The third-order valence-electron chi connectivity index (χ3n) is 3.05. The van der Waals surface area contributed by atoms with Crippen molar-refractivity contribution in [2.45, 2.75) is 26.7 Å². The minimum absolute atomic E-state index is 0.852. The minimum atomic E-state index is 0.852. The molecule has 2 heteroatoms. The van der Waals surface area contributed by atoms with Gasteiger partial charge in [0.1, 0.15) is 0 Å². The maximum absolute atomic E-state index is 6.46. The first-order chi connectivity index (χ1) is 8.21. The van der Waals surface area contributed by atoms with Crippen LogP contribution in [0.4, 0.5) is 0 Å². The average molecular weight is 246 g/mol. The molecule has 0 aliphatic rings. The van der Waals surface area contributed by atoms with Crippen LogP contribution in [0.1, 0.15) is 30.7 Å². The second kappa shape index (κ2) is 4.89. The fourth-order valence-corrected chi connectivity index (χ4v) is 2.51. The Kier molecular flexibility index (Phi) is 3.49. The van der Waals surface area contributed by atoms with Crippen LogP contribution in [-0.4, -0.2) is 4.98 Å². The number of nitrogens with zero attached hydrogens (tertiary/aromatic N) is 1. The van der Waals surface area contributed by atoms with Gasteiger partial charge in [-0.05, 0) is 30.0 Å². The van der Waals surface area contributed by atoms with Crippen LogP contribution >= 0.6 is 11.6 Å². The monoisotopic (exact) mass is 245 g/mol. The second-order valence-electron chi connectivity index (χ2n) is 4.04. The molecule has 0 unspecified atom stereocenters. The third kappa shape index (κ3) is 2.07. The van der Waals surface area contributed by atoms with E-state index >= 15 is 0 Å². The van der Waals surface area contributed by atoms with Crippen molar-refractivity contribution in [1.82, 2.24) is 4.98 Å². The molecule has 88 valence electrons. The zero-order chi connectivity index (χ0) is 12.4. The zero-order valence-electron chi connectivity index (χ0n) is 10.3. The molecule has 0 aliphatic carbocycles. The summed E-state index contributed by atoms with van der Waals surface area (Å²) in [4.78, 5) is 4.70. The van der Waals surface area contributed by atoms with Gasteiger partial charge < -0.3 is 0 Å². The molecule has 0 aliphatic heterocycles. The molecule has 0 bridgehead atoms. The minimum Gasteiger partial charge on any atom is -0.252 e. The lowest BCUT2D eigenvalue weighted by molar-refractivity contribution is 0.982. The molecule has 0 saturated carbocycles.